The highest BCUT2D eigenvalue weighted by molar-refractivity contribution is 7.17. The molecule has 1 aromatic heterocycles. The Balaban J connectivity index is 1.71. The third-order valence-corrected chi connectivity index (χ3v) is 4.99. The van der Waals surface area contributed by atoms with Gasteiger partial charge in [-0.2, -0.15) is 0 Å². The van der Waals surface area contributed by atoms with Crippen LogP contribution in [0.2, 0.25) is 0 Å². The number of hydrogen-bond donors (Lipinski definition) is 2. The summed E-state index contributed by atoms with van der Waals surface area (Å²) in [4.78, 5) is 25.0. The molecule has 0 radical (unpaired) electrons. The highest BCUT2D eigenvalue weighted by atomic mass is 32.1. The summed E-state index contributed by atoms with van der Waals surface area (Å²) in [6, 6.07) is 9.12. The molecule has 0 unspecified atom stereocenters. The fraction of sp³-hybridized carbons (Fsp3) is 0.294. The quantitative estimate of drug-likeness (QED) is 0.884. The van der Waals surface area contributed by atoms with Crippen LogP contribution in [0.4, 0.5) is 5.00 Å². The molecule has 2 aromatic rings. The average molecular weight is 330 g/mol. The number of para-hydroxylation sites is 1. The number of nitrogens with one attached hydrogen (secondary N) is 1. The van der Waals surface area contributed by atoms with Gasteiger partial charge in [0.2, 0.25) is 0 Å². The Morgan fingerprint density at radius 1 is 1.17 bits per heavy atom. The zero-order chi connectivity index (χ0) is 16.2. The van der Waals surface area contributed by atoms with Crippen molar-refractivity contribution in [2.75, 3.05) is 11.9 Å². The number of benzene rings is 1. The van der Waals surface area contributed by atoms with Crippen LogP contribution in [-0.4, -0.2) is 18.4 Å². The Morgan fingerprint density at radius 2 is 1.91 bits per heavy atom. The lowest BCUT2D eigenvalue weighted by atomic mass is 9.95. The topological polar surface area (TPSA) is 81.4 Å². The van der Waals surface area contributed by atoms with Crippen molar-refractivity contribution < 1.29 is 14.3 Å². The number of hydrogen-bond acceptors (Lipinski definition) is 4. The number of thiophene rings is 1. The molecular weight excluding hydrogens is 312 g/mol. The summed E-state index contributed by atoms with van der Waals surface area (Å²) in [7, 11) is 0. The average Bonchev–Trinajstić information content (AvgIpc) is 2.91. The van der Waals surface area contributed by atoms with Crippen molar-refractivity contribution in [3.63, 3.8) is 0 Å². The summed E-state index contributed by atoms with van der Waals surface area (Å²) in [5.41, 5.74) is 6.99. The molecule has 1 aliphatic carbocycles. The maximum Gasteiger partial charge on any atom is 0.262 e. The van der Waals surface area contributed by atoms with Gasteiger partial charge in [0, 0.05) is 4.88 Å². The van der Waals surface area contributed by atoms with Gasteiger partial charge in [-0.05, 0) is 43.4 Å². The Hall–Kier alpha value is -2.34. The number of carbonyl (C=O) groups excluding carboxylic acids is 2. The second-order valence-electron chi connectivity index (χ2n) is 5.43. The van der Waals surface area contributed by atoms with Gasteiger partial charge < -0.3 is 15.8 Å². The van der Waals surface area contributed by atoms with Gasteiger partial charge in [-0.25, -0.2) is 0 Å². The second-order valence-corrected chi connectivity index (χ2v) is 6.53. The smallest absolute Gasteiger partial charge is 0.262 e. The summed E-state index contributed by atoms with van der Waals surface area (Å²) in [6.45, 7) is -0.106. The number of nitrogens with two attached hydrogens (primary N) is 1. The molecule has 5 nitrogen and oxygen atoms in total. The van der Waals surface area contributed by atoms with Gasteiger partial charge in [0.25, 0.3) is 11.8 Å². The number of amides is 2. The number of primary amides is 1. The van der Waals surface area contributed by atoms with Gasteiger partial charge in [0.05, 0.1) is 5.56 Å². The largest absolute Gasteiger partial charge is 0.484 e. The van der Waals surface area contributed by atoms with Crippen LogP contribution in [0.1, 0.15) is 33.6 Å². The Morgan fingerprint density at radius 3 is 2.65 bits per heavy atom. The zero-order valence-electron chi connectivity index (χ0n) is 12.6. The molecule has 0 spiro atoms. The van der Waals surface area contributed by atoms with Crippen molar-refractivity contribution in [3.05, 3.63) is 46.3 Å². The van der Waals surface area contributed by atoms with Crippen LogP contribution in [0, 0.1) is 0 Å². The van der Waals surface area contributed by atoms with E-state index in [1.54, 1.807) is 12.1 Å². The number of anilines is 1. The van der Waals surface area contributed by atoms with Crippen LogP contribution < -0.4 is 15.8 Å². The van der Waals surface area contributed by atoms with Gasteiger partial charge in [0.15, 0.2) is 6.61 Å². The normalized spacial score (nSPS) is 13.2. The van der Waals surface area contributed by atoms with E-state index in [9.17, 15) is 9.59 Å². The van der Waals surface area contributed by atoms with Crippen LogP contribution in [0.25, 0.3) is 0 Å². The van der Waals surface area contributed by atoms with E-state index in [1.807, 2.05) is 18.2 Å². The molecule has 0 bridgehead atoms. The molecule has 2 amide bonds. The van der Waals surface area contributed by atoms with E-state index in [0.29, 0.717) is 16.3 Å². The van der Waals surface area contributed by atoms with E-state index in [1.165, 1.54) is 11.3 Å². The van der Waals surface area contributed by atoms with E-state index in [0.717, 1.165) is 36.1 Å². The summed E-state index contributed by atoms with van der Waals surface area (Å²) >= 11 is 1.45. The van der Waals surface area contributed by atoms with Crippen molar-refractivity contribution in [1.82, 2.24) is 0 Å². The number of ether oxygens (including phenoxy) is 1. The van der Waals surface area contributed by atoms with Crippen LogP contribution in [0.3, 0.4) is 0 Å². The Bertz CT molecular complexity index is 725. The zero-order valence-corrected chi connectivity index (χ0v) is 13.4. The number of aryl methyl sites for hydroxylation is 1. The Kier molecular flexibility index (Phi) is 4.62. The molecule has 0 saturated heterocycles. The van der Waals surface area contributed by atoms with E-state index >= 15 is 0 Å². The summed E-state index contributed by atoms with van der Waals surface area (Å²) < 4.78 is 5.42. The van der Waals surface area contributed by atoms with Crippen molar-refractivity contribution >= 4 is 28.2 Å². The fourth-order valence-electron chi connectivity index (χ4n) is 2.74. The third-order valence-electron chi connectivity index (χ3n) is 3.78. The first-order chi connectivity index (χ1) is 11.1. The lowest BCUT2D eigenvalue weighted by Gasteiger charge is -2.11. The number of fused-ring (bicyclic) bond motifs is 1. The standard InChI is InChI=1S/C17H18N2O3S/c18-16(21)15-12-8-4-5-9-13(12)23-17(15)19-14(20)10-22-11-6-2-1-3-7-11/h1-3,6-7H,4-5,8-10H2,(H2,18,21)(H,19,20). The van der Waals surface area contributed by atoms with E-state index in [4.69, 9.17) is 10.5 Å². The molecule has 0 fully saturated rings. The molecule has 23 heavy (non-hydrogen) atoms. The predicted molar refractivity (Wildman–Crippen MR) is 90.0 cm³/mol. The van der Waals surface area contributed by atoms with Crippen molar-refractivity contribution in [3.8, 4) is 5.75 Å². The van der Waals surface area contributed by atoms with Crippen molar-refractivity contribution in [1.29, 1.82) is 0 Å². The van der Waals surface area contributed by atoms with Crippen LogP contribution in [-0.2, 0) is 17.6 Å². The molecule has 1 aliphatic rings. The molecule has 0 aliphatic heterocycles. The first kappa shape index (κ1) is 15.6. The first-order valence-corrected chi connectivity index (χ1v) is 8.39. The minimum absolute atomic E-state index is 0.106. The Labute approximate surface area is 138 Å². The molecule has 120 valence electrons. The summed E-state index contributed by atoms with van der Waals surface area (Å²) in [5.74, 6) is -0.151. The lowest BCUT2D eigenvalue weighted by Crippen LogP contribution is -2.22. The number of rotatable bonds is 5. The van der Waals surface area contributed by atoms with Gasteiger partial charge in [-0.3, -0.25) is 9.59 Å². The highest BCUT2D eigenvalue weighted by Gasteiger charge is 2.24. The molecular formula is C17H18N2O3S. The minimum atomic E-state index is -0.483. The monoisotopic (exact) mass is 330 g/mol. The summed E-state index contributed by atoms with van der Waals surface area (Å²) in [5, 5.41) is 3.32. The molecule has 3 N–H and O–H groups in total. The van der Waals surface area contributed by atoms with Crippen molar-refractivity contribution in [2.45, 2.75) is 25.7 Å². The van der Waals surface area contributed by atoms with Crippen molar-refractivity contribution in [2.24, 2.45) is 5.73 Å². The van der Waals surface area contributed by atoms with Gasteiger partial charge in [-0.1, -0.05) is 18.2 Å². The third kappa shape index (κ3) is 3.53. The first-order valence-electron chi connectivity index (χ1n) is 7.57. The van der Waals surface area contributed by atoms with Crippen LogP contribution in [0.5, 0.6) is 5.75 Å². The van der Waals surface area contributed by atoms with Gasteiger partial charge in [-0.15, -0.1) is 11.3 Å². The molecule has 1 heterocycles. The van der Waals surface area contributed by atoms with Crippen LogP contribution in [0.15, 0.2) is 30.3 Å². The molecule has 0 saturated carbocycles. The molecule has 6 heteroatoms. The maximum atomic E-state index is 12.1. The molecule has 1 aromatic carbocycles. The van der Waals surface area contributed by atoms with Gasteiger partial charge >= 0.3 is 0 Å². The minimum Gasteiger partial charge on any atom is -0.484 e. The van der Waals surface area contributed by atoms with E-state index in [2.05, 4.69) is 5.32 Å². The predicted octanol–water partition coefficient (Wildman–Crippen LogP) is 2.74. The van der Waals surface area contributed by atoms with Crippen LogP contribution >= 0.6 is 11.3 Å². The SMILES string of the molecule is NC(=O)c1c(NC(=O)COc2ccccc2)sc2c1CCCC2. The maximum absolute atomic E-state index is 12.1. The highest BCUT2D eigenvalue weighted by Crippen LogP contribution is 2.37. The summed E-state index contributed by atoms with van der Waals surface area (Å²) in [6.07, 6.45) is 3.95. The van der Waals surface area contributed by atoms with Gasteiger partial charge in [0.1, 0.15) is 10.8 Å². The fourth-order valence-corrected chi connectivity index (χ4v) is 4.05. The number of carbonyl (C=O) groups is 2. The molecule has 3 rings (SSSR count). The van der Waals surface area contributed by atoms with E-state index in [-0.39, 0.29) is 12.5 Å². The second kappa shape index (κ2) is 6.83. The molecule has 0 atom stereocenters. The lowest BCUT2D eigenvalue weighted by molar-refractivity contribution is -0.118. The van der Waals surface area contributed by atoms with E-state index < -0.39 is 5.91 Å².